The quantitative estimate of drug-likeness (QED) is 0.839. The first kappa shape index (κ1) is 18.0. The summed E-state index contributed by atoms with van der Waals surface area (Å²) in [6.45, 7) is 3.37. The van der Waals surface area contributed by atoms with E-state index in [0.29, 0.717) is 11.4 Å². The van der Waals surface area contributed by atoms with Crippen molar-refractivity contribution in [2.45, 2.75) is 24.8 Å². The Kier molecular flexibility index (Phi) is 5.58. The molecular formula is C17H20N2O4S. The molecule has 0 spiro atoms. The molecule has 24 heavy (non-hydrogen) atoms. The number of amides is 1. The third kappa shape index (κ3) is 4.33. The number of aryl methyl sites for hydroxylation is 1. The Morgan fingerprint density at radius 2 is 1.79 bits per heavy atom. The normalized spacial score (nSPS) is 12.5. The van der Waals surface area contributed by atoms with Gasteiger partial charge in [-0.05, 0) is 43.7 Å². The molecule has 0 bridgehead atoms. The summed E-state index contributed by atoms with van der Waals surface area (Å²) >= 11 is 0. The van der Waals surface area contributed by atoms with Crippen molar-refractivity contribution in [3.63, 3.8) is 0 Å². The molecule has 0 aromatic heterocycles. The van der Waals surface area contributed by atoms with Crippen molar-refractivity contribution in [1.29, 1.82) is 0 Å². The van der Waals surface area contributed by atoms with Gasteiger partial charge in [-0.15, -0.1) is 0 Å². The second-order valence-electron chi connectivity index (χ2n) is 5.35. The van der Waals surface area contributed by atoms with Gasteiger partial charge >= 0.3 is 0 Å². The molecule has 128 valence electrons. The number of methoxy groups -OCH3 is 1. The maximum Gasteiger partial charge on any atom is 0.242 e. The molecule has 2 aromatic rings. The van der Waals surface area contributed by atoms with E-state index in [0.717, 1.165) is 5.56 Å². The van der Waals surface area contributed by atoms with E-state index in [1.54, 1.807) is 30.3 Å². The molecule has 0 heterocycles. The standard InChI is InChI=1S/C17H20N2O4S/c1-12-9-10-16(23-3)15(11-12)18-17(20)13(2)19-24(21,22)14-7-5-4-6-8-14/h4-11,13,19H,1-3H3,(H,18,20)/t13-/m0/s1. The van der Waals surface area contributed by atoms with E-state index >= 15 is 0 Å². The minimum Gasteiger partial charge on any atom is -0.495 e. The molecule has 0 saturated carbocycles. The topological polar surface area (TPSA) is 84.5 Å². The van der Waals surface area contributed by atoms with Gasteiger partial charge in [-0.25, -0.2) is 8.42 Å². The van der Waals surface area contributed by atoms with Gasteiger partial charge in [-0.2, -0.15) is 4.72 Å². The summed E-state index contributed by atoms with van der Waals surface area (Å²) in [7, 11) is -2.26. The maximum atomic E-state index is 12.3. The van der Waals surface area contributed by atoms with Crippen molar-refractivity contribution < 1.29 is 17.9 Å². The Morgan fingerprint density at radius 3 is 2.42 bits per heavy atom. The zero-order chi connectivity index (χ0) is 17.7. The van der Waals surface area contributed by atoms with Crippen LogP contribution in [0.5, 0.6) is 5.75 Å². The molecule has 7 heteroatoms. The summed E-state index contributed by atoms with van der Waals surface area (Å²) < 4.78 is 32.1. The molecule has 2 rings (SSSR count). The molecule has 0 unspecified atom stereocenters. The average Bonchev–Trinajstić information content (AvgIpc) is 2.55. The number of carbonyl (C=O) groups is 1. The van der Waals surface area contributed by atoms with Crippen LogP contribution < -0.4 is 14.8 Å². The number of hydrogen-bond acceptors (Lipinski definition) is 4. The van der Waals surface area contributed by atoms with Gasteiger partial charge < -0.3 is 10.1 Å². The monoisotopic (exact) mass is 348 g/mol. The number of carbonyl (C=O) groups excluding carboxylic acids is 1. The minimum atomic E-state index is -3.76. The third-order valence-corrected chi connectivity index (χ3v) is 4.95. The molecule has 0 fully saturated rings. The van der Waals surface area contributed by atoms with Crippen molar-refractivity contribution in [3.8, 4) is 5.75 Å². The molecule has 6 nitrogen and oxygen atoms in total. The number of ether oxygens (including phenoxy) is 1. The zero-order valence-electron chi connectivity index (χ0n) is 13.7. The fourth-order valence-electron chi connectivity index (χ4n) is 2.11. The highest BCUT2D eigenvalue weighted by Crippen LogP contribution is 2.25. The third-order valence-electron chi connectivity index (χ3n) is 3.39. The van der Waals surface area contributed by atoms with E-state index in [1.165, 1.54) is 26.2 Å². The van der Waals surface area contributed by atoms with Crippen molar-refractivity contribution in [3.05, 3.63) is 54.1 Å². The summed E-state index contributed by atoms with van der Waals surface area (Å²) in [4.78, 5) is 12.4. The summed E-state index contributed by atoms with van der Waals surface area (Å²) in [5.74, 6) is 0.0328. The van der Waals surface area contributed by atoms with E-state index in [-0.39, 0.29) is 4.90 Å². The summed E-state index contributed by atoms with van der Waals surface area (Å²) in [6.07, 6.45) is 0. The van der Waals surface area contributed by atoms with Gasteiger partial charge in [0.1, 0.15) is 5.75 Å². The average molecular weight is 348 g/mol. The highest BCUT2D eigenvalue weighted by Gasteiger charge is 2.22. The lowest BCUT2D eigenvalue weighted by Gasteiger charge is -2.16. The lowest BCUT2D eigenvalue weighted by atomic mass is 10.2. The predicted octanol–water partition coefficient (Wildman–Crippen LogP) is 2.31. The number of nitrogens with one attached hydrogen (secondary N) is 2. The Morgan fingerprint density at radius 1 is 1.12 bits per heavy atom. The fraction of sp³-hybridized carbons (Fsp3) is 0.235. The number of anilines is 1. The molecule has 1 amide bonds. The second kappa shape index (κ2) is 7.46. The first-order valence-electron chi connectivity index (χ1n) is 7.36. The zero-order valence-corrected chi connectivity index (χ0v) is 14.6. The lowest BCUT2D eigenvalue weighted by molar-refractivity contribution is -0.117. The highest BCUT2D eigenvalue weighted by molar-refractivity contribution is 7.89. The molecule has 0 aliphatic rings. The molecule has 2 N–H and O–H groups in total. The van der Waals surface area contributed by atoms with Crippen molar-refractivity contribution in [1.82, 2.24) is 4.72 Å². The molecule has 0 radical (unpaired) electrons. The van der Waals surface area contributed by atoms with Gasteiger partial charge in [-0.3, -0.25) is 4.79 Å². The Hall–Kier alpha value is -2.38. The van der Waals surface area contributed by atoms with Gasteiger partial charge in [0, 0.05) is 0 Å². The van der Waals surface area contributed by atoms with Gasteiger partial charge in [0.15, 0.2) is 0 Å². The first-order chi connectivity index (χ1) is 11.3. The number of hydrogen-bond donors (Lipinski definition) is 2. The second-order valence-corrected chi connectivity index (χ2v) is 7.06. The van der Waals surface area contributed by atoms with Crippen molar-refractivity contribution in [2.24, 2.45) is 0 Å². The molecule has 2 aromatic carbocycles. The van der Waals surface area contributed by atoms with Crippen LogP contribution in [0.15, 0.2) is 53.4 Å². The molecular weight excluding hydrogens is 328 g/mol. The number of benzene rings is 2. The van der Waals surface area contributed by atoms with Crippen LogP contribution in [0.2, 0.25) is 0 Å². The van der Waals surface area contributed by atoms with Crippen molar-refractivity contribution in [2.75, 3.05) is 12.4 Å². The van der Waals surface area contributed by atoms with Gasteiger partial charge in [-0.1, -0.05) is 24.3 Å². The maximum absolute atomic E-state index is 12.3. The predicted molar refractivity (Wildman–Crippen MR) is 92.6 cm³/mol. The van der Waals surface area contributed by atoms with Crippen LogP contribution >= 0.6 is 0 Å². The fourth-order valence-corrected chi connectivity index (χ4v) is 3.34. The molecule has 0 aliphatic carbocycles. The van der Waals surface area contributed by atoms with Crippen LogP contribution in [0.3, 0.4) is 0 Å². The van der Waals surface area contributed by atoms with Crippen LogP contribution in [0.25, 0.3) is 0 Å². The van der Waals surface area contributed by atoms with Crippen LogP contribution in [0.4, 0.5) is 5.69 Å². The smallest absolute Gasteiger partial charge is 0.242 e. The molecule has 0 saturated heterocycles. The Bertz CT molecular complexity index is 820. The SMILES string of the molecule is COc1ccc(C)cc1NC(=O)[C@H](C)NS(=O)(=O)c1ccccc1. The van der Waals surface area contributed by atoms with Crippen LogP contribution in [-0.2, 0) is 14.8 Å². The van der Waals surface area contributed by atoms with Crippen LogP contribution in [0, 0.1) is 6.92 Å². The van der Waals surface area contributed by atoms with Gasteiger partial charge in [0.05, 0.1) is 23.7 Å². The van der Waals surface area contributed by atoms with Crippen LogP contribution in [-0.4, -0.2) is 27.5 Å². The Balaban J connectivity index is 2.12. The van der Waals surface area contributed by atoms with E-state index in [2.05, 4.69) is 10.0 Å². The molecule has 1 atom stereocenters. The van der Waals surface area contributed by atoms with E-state index in [1.807, 2.05) is 13.0 Å². The number of sulfonamides is 1. The summed E-state index contributed by atoms with van der Waals surface area (Å²) in [6, 6.07) is 12.3. The van der Waals surface area contributed by atoms with E-state index in [4.69, 9.17) is 4.74 Å². The summed E-state index contributed by atoms with van der Waals surface area (Å²) in [5.41, 5.74) is 1.44. The summed E-state index contributed by atoms with van der Waals surface area (Å²) in [5, 5.41) is 2.69. The van der Waals surface area contributed by atoms with E-state index in [9.17, 15) is 13.2 Å². The van der Waals surface area contributed by atoms with Gasteiger partial charge in [0.25, 0.3) is 0 Å². The molecule has 0 aliphatic heterocycles. The first-order valence-corrected chi connectivity index (χ1v) is 8.84. The van der Waals surface area contributed by atoms with Crippen molar-refractivity contribution >= 4 is 21.6 Å². The Labute approximate surface area is 141 Å². The highest BCUT2D eigenvalue weighted by atomic mass is 32.2. The van der Waals surface area contributed by atoms with Crippen LogP contribution in [0.1, 0.15) is 12.5 Å². The number of rotatable bonds is 6. The van der Waals surface area contributed by atoms with E-state index < -0.39 is 22.0 Å². The van der Waals surface area contributed by atoms with Gasteiger partial charge in [0.2, 0.25) is 15.9 Å². The minimum absolute atomic E-state index is 0.109. The lowest BCUT2D eigenvalue weighted by Crippen LogP contribution is -2.41. The largest absolute Gasteiger partial charge is 0.495 e.